The summed E-state index contributed by atoms with van der Waals surface area (Å²) in [6.07, 6.45) is 6.35. The van der Waals surface area contributed by atoms with Gasteiger partial charge in [-0.3, -0.25) is 0 Å². The van der Waals surface area contributed by atoms with Crippen molar-refractivity contribution in [1.29, 1.82) is 0 Å². The van der Waals surface area contributed by atoms with Crippen molar-refractivity contribution >= 4 is 0 Å². The van der Waals surface area contributed by atoms with Gasteiger partial charge in [0, 0.05) is 18.0 Å². The number of nitrogens with zero attached hydrogens (tertiary/aromatic N) is 3. The fourth-order valence-corrected chi connectivity index (χ4v) is 2.33. The molecule has 2 N–H and O–H groups in total. The van der Waals surface area contributed by atoms with Gasteiger partial charge < -0.3 is 5.73 Å². The van der Waals surface area contributed by atoms with E-state index in [1.54, 1.807) is 6.33 Å². The number of nitrogens with two attached hydrogens (primary N) is 1. The van der Waals surface area contributed by atoms with Crippen molar-refractivity contribution in [2.75, 3.05) is 0 Å². The Labute approximate surface area is 77.1 Å². The van der Waals surface area contributed by atoms with Crippen molar-refractivity contribution in [3.8, 4) is 0 Å². The lowest BCUT2D eigenvalue weighted by Gasteiger charge is -2.27. The maximum Gasteiger partial charge on any atom is 0.138 e. The Bertz CT molecular complexity index is 326. The Hall–Kier alpha value is -0.900. The van der Waals surface area contributed by atoms with Gasteiger partial charge in [-0.15, -0.1) is 0 Å². The van der Waals surface area contributed by atoms with Crippen LogP contribution in [-0.4, -0.2) is 20.3 Å². The summed E-state index contributed by atoms with van der Waals surface area (Å²) in [7, 11) is 0. The minimum absolute atomic E-state index is 0.0607. The fraction of sp³-hybridized carbons (Fsp3) is 0.778. The molecule has 1 unspecified atom stereocenters. The molecule has 0 saturated heterocycles. The molecule has 2 aliphatic rings. The van der Waals surface area contributed by atoms with Crippen molar-refractivity contribution in [2.24, 2.45) is 5.73 Å². The second kappa shape index (κ2) is 2.32. The lowest BCUT2D eigenvalue weighted by Crippen LogP contribution is -2.35. The molecule has 70 valence electrons. The standard InChI is InChI=1S/C9H14N4/c10-9(3-4-9)7-2-1-5-13-8(7)11-6-12-13/h6-7H,1-5,10H2. The molecule has 4 nitrogen and oxygen atoms in total. The summed E-state index contributed by atoms with van der Waals surface area (Å²) < 4.78 is 2.01. The fourth-order valence-electron chi connectivity index (χ4n) is 2.33. The number of rotatable bonds is 1. The highest BCUT2D eigenvalue weighted by atomic mass is 15.3. The van der Waals surface area contributed by atoms with Crippen molar-refractivity contribution in [2.45, 2.75) is 43.7 Å². The van der Waals surface area contributed by atoms with Crippen LogP contribution in [0, 0.1) is 0 Å². The van der Waals surface area contributed by atoms with E-state index >= 15 is 0 Å². The average Bonchev–Trinajstić information content (AvgIpc) is 2.72. The number of hydrogen-bond acceptors (Lipinski definition) is 3. The molecule has 1 aliphatic carbocycles. The van der Waals surface area contributed by atoms with Crippen LogP contribution in [0.15, 0.2) is 6.33 Å². The van der Waals surface area contributed by atoms with Gasteiger partial charge in [0.15, 0.2) is 0 Å². The molecule has 4 heteroatoms. The molecular formula is C9H14N4. The number of aromatic nitrogens is 3. The molecule has 1 atom stereocenters. The highest BCUT2D eigenvalue weighted by molar-refractivity contribution is 5.17. The van der Waals surface area contributed by atoms with Crippen LogP contribution in [0.2, 0.25) is 0 Å². The van der Waals surface area contributed by atoms with E-state index in [1.165, 1.54) is 12.8 Å². The van der Waals surface area contributed by atoms with E-state index in [4.69, 9.17) is 5.73 Å². The normalized spacial score (nSPS) is 29.8. The molecule has 0 amide bonds. The van der Waals surface area contributed by atoms with Gasteiger partial charge in [-0.2, -0.15) is 5.10 Å². The second-order valence-electron chi connectivity index (χ2n) is 4.27. The van der Waals surface area contributed by atoms with Gasteiger partial charge in [0.1, 0.15) is 12.2 Å². The van der Waals surface area contributed by atoms with E-state index in [2.05, 4.69) is 10.1 Å². The van der Waals surface area contributed by atoms with Crippen LogP contribution in [0.1, 0.15) is 37.4 Å². The predicted octanol–water partition coefficient (Wildman–Crippen LogP) is 0.647. The lowest BCUT2D eigenvalue weighted by atomic mass is 9.90. The highest BCUT2D eigenvalue weighted by Gasteiger charge is 2.48. The van der Waals surface area contributed by atoms with Crippen LogP contribution in [-0.2, 0) is 6.54 Å². The molecule has 0 radical (unpaired) electrons. The predicted molar refractivity (Wildman–Crippen MR) is 48.1 cm³/mol. The van der Waals surface area contributed by atoms with Crippen LogP contribution < -0.4 is 5.73 Å². The molecule has 13 heavy (non-hydrogen) atoms. The molecule has 2 heterocycles. The Morgan fingerprint density at radius 1 is 1.54 bits per heavy atom. The summed E-state index contributed by atoms with van der Waals surface area (Å²) in [6.45, 7) is 1.02. The average molecular weight is 178 g/mol. The Morgan fingerprint density at radius 3 is 3.15 bits per heavy atom. The number of aryl methyl sites for hydroxylation is 1. The smallest absolute Gasteiger partial charge is 0.138 e. The third-order valence-electron chi connectivity index (χ3n) is 3.34. The van der Waals surface area contributed by atoms with Crippen LogP contribution in [0.4, 0.5) is 0 Å². The summed E-state index contributed by atoms with van der Waals surface area (Å²) in [5, 5.41) is 4.20. The second-order valence-corrected chi connectivity index (χ2v) is 4.27. The first-order valence-electron chi connectivity index (χ1n) is 4.96. The van der Waals surface area contributed by atoms with Crippen molar-refractivity contribution in [3.05, 3.63) is 12.2 Å². The molecule has 0 bridgehead atoms. The first-order chi connectivity index (χ1) is 6.30. The van der Waals surface area contributed by atoms with Gasteiger partial charge in [0.2, 0.25) is 0 Å². The van der Waals surface area contributed by atoms with Crippen LogP contribution in [0.25, 0.3) is 0 Å². The summed E-state index contributed by atoms with van der Waals surface area (Å²) in [5.41, 5.74) is 6.27. The number of fused-ring (bicyclic) bond motifs is 1. The van der Waals surface area contributed by atoms with E-state index in [-0.39, 0.29) is 5.54 Å². The van der Waals surface area contributed by atoms with Gasteiger partial charge in [-0.1, -0.05) is 0 Å². The lowest BCUT2D eigenvalue weighted by molar-refractivity contribution is 0.362. The summed E-state index contributed by atoms with van der Waals surface area (Å²) in [5.74, 6) is 1.58. The van der Waals surface area contributed by atoms with Crippen LogP contribution >= 0.6 is 0 Å². The third kappa shape index (κ3) is 1.01. The zero-order valence-corrected chi connectivity index (χ0v) is 7.61. The molecular weight excluding hydrogens is 164 g/mol. The number of hydrogen-bond donors (Lipinski definition) is 1. The van der Waals surface area contributed by atoms with Crippen molar-refractivity contribution in [3.63, 3.8) is 0 Å². The van der Waals surface area contributed by atoms with Gasteiger partial charge in [0.25, 0.3) is 0 Å². The Morgan fingerprint density at radius 2 is 2.38 bits per heavy atom. The maximum absolute atomic E-state index is 6.21. The van der Waals surface area contributed by atoms with Crippen LogP contribution in [0.5, 0.6) is 0 Å². The highest BCUT2D eigenvalue weighted by Crippen LogP contribution is 2.47. The van der Waals surface area contributed by atoms with E-state index in [0.717, 1.165) is 25.2 Å². The Kier molecular flexibility index (Phi) is 1.34. The van der Waals surface area contributed by atoms with E-state index in [0.29, 0.717) is 5.92 Å². The topological polar surface area (TPSA) is 56.7 Å². The van der Waals surface area contributed by atoms with Crippen LogP contribution in [0.3, 0.4) is 0 Å². The van der Waals surface area contributed by atoms with Gasteiger partial charge in [-0.05, 0) is 25.7 Å². The maximum atomic E-state index is 6.21. The van der Waals surface area contributed by atoms with Gasteiger partial charge in [0.05, 0.1) is 0 Å². The largest absolute Gasteiger partial charge is 0.324 e. The minimum atomic E-state index is 0.0607. The summed E-state index contributed by atoms with van der Waals surface area (Å²) in [4.78, 5) is 4.32. The third-order valence-corrected chi connectivity index (χ3v) is 3.34. The molecule has 1 fully saturated rings. The molecule has 1 aromatic heterocycles. The molecule has 1 aliphatic heterocycles. The SMILES string of the molecule is NC1(C2CCCn3ncnc32)CC1. The van der Waals surface area contributed by atoms with E-state index in [1.807, 2.05) is 4.68 Å². The minimum Gasteiger partial charge on any atom is -0.324 e. The summed E-state index contributed by atoms with van der Waals surface area (Å²) >= 11 is 0. The van der Waals surface area contributed by atoms with E-state index < -0.39 is 0 Å². The zero-order chi connectivity index (χ0) is 8.89. The van der Waals surface area contributed by atoms with Gasteiger partial charge >= 0.3 is 0 Å². The molecule has 0 spiro atoms. The monoisotopic (exact) mass is 178 g/mol. The first-order valence-corrected chi connectivity index (χ1v) is 4.96. The molecule has 0 aromatic carbocycles. The van der Waals surface area contributed by atoms with Crippen molar-refractivity contribution < 1.29 is 0 Å². The molecule has 1 saturated carbocycles. The zero-order valence-electron chi connectivity index (χ0n) is 7.61. The quantitative estimate of drug-likeness (QED) is 0.686. The first kappa shape index (κ1) is 7.50. The Balaban J connectivity index is 2.00. The van der Waals surface area contributed by atoms with E-state index in [9.17, 15) is 0 Å². The molecule has 1 aromatic rings. The molecule has 3 rings (SSSR count). The van der Waals surface area contributed by atoms with Crippen molar-refractivity contribution in [1.82, 2.24) is 14.8 Å². The van der Waals surface area contributed by atoms with Gasteiger partial charge in [-0.25, -0.2) is 9.67 Å². The summed E-state index contributed by atoms with van der Waals surface area (Å²) in [6, 6.07) is 0.